The van der Waals surface area contributed by atoms with E-state index < -0.39 is 8.16 Å². The second kappa shape index (κ2) is 8.95. The number of ether oxygens (including phenoxy) is 1. The first-order valence-electron chi connectivity index (χ1n) is 7.68. The van der Waals surface area contributed by atoms with Gasteiger partial charge in [0.05, 0.1) is 18.4 Å². The van der Waals surface area contributed by atoms with Crippen LogP contribution in [0, 0.1) is 5.21 Å². The second-order valence-corrected chi connectivity index (χ2v) is 7.65. The van der Waals surface area contributed by atoms with Crippen LogP contribution in [0.15, 0.2) is 18.2 Å². The molecule has 1 atom stereocenters. The van der Waals surface area contributed by atoms with Gasteiger partial charge in [-0.1, -0.05) is 16.3 Å². The molecule has 1 fully saturated rings. The fraction of sp³-hybridized carbons (Fsp3) is 0.538. The van der Waals surface area contributed by atoms with E-state index in [-0.39, 0.29) is 11.0 Å². The molecule has 15 heteroatoms. The first-order chi connectivity index (χ1) is 12.3. The monoisotopic (exact) mass is 456 g/mol. The molecule has 1 unspecified atom stereocenters. The van der Waals surface area contributed by atoms with Gasteiger partial charge in [-0.05, 0) is 26.2 Å². The van der Waals surface area contributed by atoms with E-state index in [9.17, 15) is 26.2 Å². The summed E-state index contributed by atoms with van der Waals surface area (Å²) in [5, 5.41) is 16.7. The van der Waals surface area contributed by atoms with E-state index in [0.29, 0.717) is 28.6 Å². The van der Waals surface area contributed by atoms with Gasteiger partial charge in [0.1, 0.15) is 0 Å². The van der Waals surface area contributed by atoms with Crippen LogP contribution in [0.5, 0.6) is 0 Å². The van der Waals surface area contributed by atoms with Crippen molar-refractivity contribution >= 4 is 30.8 Å². The molecule has 1 aromatic heterocycles. The Morgan fingerprint density at radius 1 is 1.21 bits per heavy atom. The Balaban J connectivity index is 0.000000492. The average molecular weight is 457 g/mol. The zero-order valence-electron chi connectivity index (χ0n) is 14.8. The number of aromatic nitrogens is 3. The van der Waals surface area contributed by atoms with E-state index in [1.807, 2.05) is 25.1 Å². The molecule has 3 rings (SSSR count). The Kier molecular flexibility index (Phi) is 7.88. The van der Waals surface area contributed by atoms with Crippen molar-refractivity contribution in [2.45, 2.75) is 6.29 Å². The van der Waals surface area contributed by atoms with Gasteiger partial charge in [0.15, 0.2) is 0 Å². The zero-order valence-corrected chi connectivity index (χ0v) is 16.4. The molecular formula is C13H18ClF6N5O2P-. The van der Waals surface area contributed by atoms with Crippen molar-refractivity contribution in [1.29, 1.82) is 0 Å². The molecule has 7 nitrogen and oxygen atoms in total. The molecule has 0 N–H and O–H groups in total. The third-order valence-corrected chi connectivity index (χ3v) is 3.86. The molecule has 1 aromatic carbocycles. The topological polar surface area (TPSA) is 60.5 Å². The quantitative estimate of drug-likeness (QED) is 0.294. The minimum absolute atomic E-state index is 0. The van der Waals surface area contributed by atoms with Crippen molar-refractivity contribution in [3.05, 3.63) is 28.4 Å². The van der Waals surface area contributed by atoms with Crippen LogP contribution in [-0.4, -0.2) is 60.1 Å². The van der Waals surface area contributed by atoms with Crippen molar-refractivity contribution in [3.63, 3.8) is 0 Å². The largest absolute Gasteiger partial charge is 1.00 e. The van der Waals surface area contributed by atoms with Crippen LogP contribution in [0.1, 0.15) is 6.29 Å². The van der Waals surface area contributed by atoms with Gasteiger partial charge in [0.2, 0.25) is 17.3 Å². The molecule has 0 radical (unpaired) electrons. The molecule has 2 aromatic rings. The summed E-state index contributed by atoms with van der Waals surface area (Å²) in [4.78, 5) is 4.90. The fourth-order valence-electron chi connectivity index (χ4n) is 2.71. The van der Waals surface area contributed by atoms with E-state index in [2.05, 4.69) is 10.1 Å². The van der Waals surface area contributed by atoms with Crippen molar-refractivity contribution < 1.29 is 35.3 Å². The minimum atomic E-state index is -8.55. The Morgan fingerprint density at radius 2 is 1.75 bits per heavy atom. The van der Waals surface area contributed by atoms with Gasteiger partial charge < -0.3 is 14.6 Å². The minimum Gasteiger partial charge on any atom is -1.00 e. The summed E-state index contributed by atoms with van der Waals surface area (Å²) in [5.74, 6) is 0. The number of hydrogen-bond acceptors (Lipinski definition) is 5. The predicted octanol–water partition coefficient (Wildman–Crippen LogP) is 0.639. The summed E-state index contributed by atoms with van der Waals surface area (Å²) in [7, 11) is -4.61. The predicted molar refractivity (Wildman–Crippen MR) is 91.3 cm³/mol. The van der Waals surface area contributed by atoms with E-state index in [1.165, 1.54) is 0 Å². The van der Waals surface area contributed by atoms with Crippen LogP contribution < -0.4 is 9.55 Å². The number of nitrogens with zero attached hydrogens (tertiary/aromatic N) is 5. The molecule has 1 saturated heterocycles. The van der Waals surface area contributed by atoms with Gasteiger partial charge in [-0.2, -0.15) is 0 Å². The molecule has 0 saturated carbocycles. The molecule has 0 aliphatic carbocycles. The maximum absolute atomic E-state index is 12.0. The van der Waals surface area contributed by atoms with Crippen molar-refractivity contribution in [3.8, 4) is 0 Å². The summed E-state index contributed by atoms with van der Waals surface area (Å²) in [6, 6.07) is 5.24. The van der Waals surface area contributed by atoms with E-state index in [1.54, 1.807) is 16.8 Å². The Bertz CT molecular complexity index is 780. The number of morpholine rings is 1. The van der Waals surface area contributed by atoms with Gasteiger partial charge in [-0.3, -0.25) is 4.90 Å². The van der Waals surface area contributed by atoms with Crippen molar-refractivity contribution in [1.82, 2.24) is 19.7 Å². The molecule has 0 bridgehead atoms. The molecule has 1 aliphatic heterocycles. The van der Waals surface area contributed by atoms with Crippen molar-refractivity contribution in [2.24, 2.45) is 0 Å². The van der Waals surface area contributed by atoms with Crippen LogP contribution in [0.2, 0.25) is 5.02 Å². The second-order valence-electron chi connectivity index (χ2n) is 5.94. The molecule has 162 valence electrons. The number of rotatable bonds is 3. The van der Waals surface area contributed by atoms with Crippen LogP contribution in [0.25, 0.3) is 11.0 Å². The summed E-state index contributed by atoms with van der Waals surface area (Å²) in [6.07, 6.45) is -0.132. The SMILES string of the molecule is CN(C)C(N1CCOCC1)n1n[n+]([O-])c2cc(Cl)ccc21.FP(F)(F)(F)F.[F-]. The Morgan fingerprint density at radius 3 is 2.25 bits per heavy atom. The average Bonchev–Trinajstić information content (AvgIpc) is 2.82. The molecule has 1 aliphatic rings. The van der Waals surface area contributed by atoms with E-state index in [0.717, 1.165) is 18.6 Å². The third kappa shape index (κ3) is 7.21. The fourth-order valence-corrected chi connectivity index (χ4v) is 2.87. The first kappa shape index (κ1) is 24.6. The number of fused-ring (bicyclic) bond motifs is 1. The molecule has 28 heavy (non-hydrogen) atoms. The molecule has 0 amide bonds. The third-order valence-electron chi connectivity index (χ3n) is 3.62. The van der Waals surface area contributed by atoms with E-state index in [4.69, 9.17) is 16.3 Å². The summed E-state index contributed by atoms with van der Waals surface area (Å²) in [5.41, 5.74) is 1.24. The normalized spacial score (nSPS) is 18.0. The zero-order chi connectivity index (χ0) is 20.4. The first-order valence-corrected chi connectivity index (χ1v) is 9.75. The van der Waals surface area contributed by atoms with Gasteiger partial charge in [0, 0.05) is 24.2 Å². The standard InChI is InChI=1S/C13H18ClN5O2.F5P.FH/c1-16(2)13(17-5-7-21-8-6-17)18-11-4-3-10(14)9-12(11)19(20)15-18;1-6(2,3,4)5;/h3-4,9,13H,5-8H2,1-2H3;;1H/p-1. The maximum Gasteiger partial charge on any atom is -1.00 e. The summed E-state index contributed by atoms with van der Waals surface area (Å²) in [6.45, 7) is 2.98. The summed E-state index contributed by atoms with van der Waals surface area (Å²) >= 11 is 5.96. The van der Waals surface area contributed by atoms with Crippen molar-refractivity contribution in [2.75, 3.05) is 40.4 Å². The summed E-state index contributed by atoms with van der Waals surface area (Å²) < 4.78 is 56.3. The van der Waals surface area contributed by atoms with Gasteiger partial charge in [-0.25, -0.2) is 4.90 Å². The number of halogens is 7. The molecule has 0 spiro atoms. The van der Waals surface area contributed by atoms with E-state index >= 15 is 0 Å². The number of hydrogen-bond donors (Lipinski definition) is 0. The van der Waals surface area contributed by atoms with Crippen LogP contribution in [-0.2, 0) is 4.74 Å². The maximum atomic E-state index is 12.0. The van der Waals surface area contributed by atoms with Gasteiger partial charge in [0.25, 0.3) is 0 Å². The van der Waals surface area contributed by atoms with Crippen LogP contribution in [0.4, 0.5) is 21.0 Å². The van der Waals surface area contributed by atoms with Gasteiger partial charge in [-0.15, -0.1) is 4.85 Å². The van der Waals surface area contributed by atoms with Gasteiger partial charge >= 0.3 is 29.1 Å². The molecular weight excluding hydrogens is 439 g/mol. The Hall–Kier alpha value is -1.40. The smallest absolute Gasteiger partial charge is 1.00 e. The number of benzene rings is 1. The molecule has 2 heterocycles. The van der Waals surface area contributed by atoms with Crippen LogP contribution >= 0.6 is 19.8 Å². The van der Waals surface area contributed by atoms with Crippen LogP contribution in [0.3, 0.4) is 0 Å². The Labute approximate surface area is 161 Å².